The summed E-state index contributed by atoms with van der Waals surface area (Å²) >= 11 is 0. The van der Waals surface area contributed by atoms with Crippen molar-refractivity contribution in [3.63, 3.8) is 0 Å². The summed E-state index contributed by atoms with van der Waals surface area (Å²) in [6.07, 6.45) is 0. The smallest absolute Gasteiger partial charge is 0.149 e. The van der Waals surface area contributed by atoms with Gasteiger partial charge in [0, 0.05) is 11.1 Å². The summed E-state index contributed by atoms with van der Waals surface area (Å²) in [6.45, 7) is 2.44. The number of aryl methyl sites for hydroxylation is 1. The Bertz CT molecular complexity index is 817. The topological polar surface area (TPSA) is 22.1 Å². The molecular formula is C18H15F2NO. The molecule has 3 rings (SSSR count). The molecule has 0 aliphatic heterocycles. The summed E-state index contributed by atoms with van der Waals surface area (Å²) in [5.41, 5.74) is 2.73. The second-order valence-electron chi connectivity index (χ2n) is 5.18. The summed E-state index contributed by atoms with van der Waals surface area (Å²) in [6, 6.07) is 13.0. The zero-order chi connectivity index (χ0) is 15.5. The maximum absolute atomic E-state index is 13.8. The molecule has 0 atom stereocenters. The molecule has 0 aliphatic carbocycles. The molecule has 0 unspecified atom stereocenters. The number of benzene rings is 2. The lowest BCUT2D eigenvalue weighted by Crippen LogP contribution is -1.98. The molecule has 0 saturated carbocycles. The van der Waals surface area contributed by atoms with E-state index in [1.807, 2.05) is 19.1 Å². The Morgan fingerprint density at radius 3 is 2.64 bits per heavy atom. The van der Waals surface area contributed by atoms with Crippen LogP contribution in [0.15, 0.2) is 48.5 Å². The Kier molecular flexibility index (Phi) is 4.11. The van der Waals surface area contributed by atoms with E-state index in [0.717, 1.165) is 22.2 Å². The van der Waals surface area contributed by atoms with Crippen LogP contribution in [0.4, 0.5) is 8.78 Å². The predicted molar refractivity (Wildman–Crippen MR) is 81.3 cm³/mol. The third-order valence-electron chi connectivity index (χ3n) is 3.42. The van der Waals surface area contributed by atoms with Crippen LogP contribution in [-0.4, -0.2) is 4.98 Å². The van der Waals surface area contributed by atoms with Crippen LogP contribution in [0.25, 0.3) is 10.9 Å². The summed E-state index contributed by atoms with van der Waals surface area (Å²) in [7, 11) is 0. The number of aromatic nitrogens is 1. The van der Waals surface area contributed by atoms with Gasteiger partial charge in [0.25, 0.3) is 0 Å². The molecule has 2 nitrogen and oxygen atoms in total. The van der Waals surface area contributed by atoms with Gasteiger partial charge in [0.1, 0.15) is 17.2 Å². The van der Waals surface area contributed by atoms with Gasteiger partial charge in [0.2, 0.25) is 0 Å². The molecule has 0 saturated heterocycles. The Morgan fingerprint density at radius 2 is 1.82 bits per heavy atom. The molecule has 0 amide bonds. The molecule has 0 bridgehead atoms. The molecule has 112 valence electrons. The number of hydrogen-bond acceptors (Lipinski definition) is 2. The first kappa shape index (κ1) is 14.6. The van der Waals surface area contributed by atoms with Crippen LogP contribution in [0, 0.1) is 18.6 Å². The summed E-state index contributed by atoms with van der Waals surface area (Å²) in [5, 5.41) is 0.741. The van der Waals surface area contributed by atoms with Crippen molar-refractivity contribution in [1.29, 1.82) is 0 Å². The van der Waals surface area contributed by atoms with Crippen molar-refractivity contribution in [1.82, 2.24) is 4.98 Å². The highest BCUT2D eigenvalue weighted by Crippen LogP contribution is 2.22. The van der Waals surface area contributed by atoms with Crippen LogP contribution < -0.4 is 0 Å². The third-order valence-corrected chi connectivity index (χ3v) is 3.42. The van der Waals surface area contributed by atoms with Crippen molar-refractivity contribution in [3.8, 4) is 0 Å². The van der Waals surface area contributed by atoms with E-state index in [-0.39, 0.29) is 11.6 Å². The zero-order valence-electron chi connectivity index (χ0n) is 12.1. The van der Waals surface area contributed by atoms with Crippen LogP contribution in [0.3, 0.4) is 0 Å². The van der Waals surface area contributed by atoms with E-state index in [1.165, 1.54) is 18.2 Å². The average molecular weight is 299 g/mol. The standard InChI is InChI=1S/C18H15F2NO/c1-12-8-14(16-6-3-7-17(20)18(16)21-12)11-22-10-13-4-2-5-15(19)9-13/h2-9H,10-11H2,1H3. The number of nitrogens with zero attached hydrogens (tertiary/aromatic N) is 1. The normalized spacial score (nSPS) is 11.0. The maximum atomic E-state index is 13.8. The van der Waals surface area contributed by atoms with Crippen molar-refractivity contribution >= 4 is 10.9 Å². The predicted octanol–water partition coefficient (Wildman–Crippen LogP) is 4.54. The van der Waals surface area contributed by atoms with Gasteiger partial charge in [0.15, 0.2) is 0 Å². The van der Waals surface area contributed by atoms with Crippen LogP contribution in [0.5, 0.6) is 0 Å². The van der Waals surface area contributed by atoms with Crippen LogP contribution in [0.1, 0.15) is 16.8 Å². The van der Waals surface area contributed by atoms with Gasteiger partial charge in [-0.3, -0.25) is 4.98 Å². The van der Waals surface area contributed by atoms with Gasteiger partial charge in [-0.05, 0) is 42.3 Å². The minimum absolute atomic E-state index is 0.284. The second-order valence-corrected chi connectivity index (χ2v) is 5.18. The lowest BCUT2D eigenvalue weighted by Gasteiger charge is -2.09. The minimum atomic E-state index is -0.340. The lowest BCUT2D eigenvalue weighted by molar-refractivity contribution is 0.107. The Labute approximate surface area is 127 Å². The Balaban J connectivity index is 1.80. The van der Waals surface area contributed by atoms with Crippen molar-refractivity contribution in [2.75, 3.05) is 0 Å². The molecule has 1 heterocycles. The van der Waals surface area contributed by atoms with Crippen LogP contribution in [-0.2, 0) is 18.0 Å². The highest BCUT2D eigenvalue weighted by molar-refractivity contribution is 5.82. The molecule has 2 aromatic carbocycles. The molecular weight excluding hydrogens is 284 g/mol. The van der Waals surface area contributed by atoms with E-state index < -0.39 is 0 Å². The Hall–Kier alpha value is -2.33. The molecule has 0 aliphatic rings. The first-order chi connectivity index (χ1) is 10.6. The van der Waals surface area contributed by atoms with Crippen LogP contribution >= 0.6 is 0 Å². The van der Waals surface area contributed by atoms with Crippen LogP contribution in [0.2, 0.25) is 0 Å². The SMILES string of the molecule is Cc1cc(COCc2cccc(F)c2)c2cccc(F)c2n1. The quantitative estimate of drug-likeness (QED) is 0.705. The van der Waals surface area contributed by atoms with E-state index >= 15 is 0 Å². The van der Waals surface area contributed by atoms with Gasteiger partial charge in [-0.2, -0.15) is 0 Å². The lowest BCUT2D eigenvalue weighted by atomic mass is 10.1. The fourth-order valence-electron chi connectivity index (χ4n) is 2.45. The van der Waals surface area contributed by atoms with Gasteiger partial charge in [-0.15, -0.1) is 0 Å². The molecule has 0 fully saturated rings. The highest BCUT2D eigenvalue weighted by Gasteiger charge is 2.08. The molecule has 4 heteroatoms. The summed E-state index contributed by atoms with van der Waals surface area (Å²) in [5.74, 6) is -0.624. The van der Waals surface area contributed by atoms with Crippen molar-refractivity contribution < 1.29 is 13.5 Å². The molecule has 3 aromatic rings. The number of ether oxygens (including phenoxy) is 1. The van der Waals surface area contributed by atoms with E-state index in [0.29, 0.717) is 18.7 Å². The molecule has 22 heavy (non-hydrogen) atoms. The number of rotatable bonds is 4. The van der Waals surface area contributed by atoms with Gasteiger partial charge in [-0.25, -0.2) is 8.78 Å². The van der Waals surface area contributed by atoms with Gasteiger partial charge >= 0.3 is 0 Å². The van der Waals surface area contributed by atoms with E-state index in [9.17, 15) is 8.78 Å². The van der Waals surface area contributed by atoms with Gasteiger partial charge in [-0.1, -0.05) is 24.3 Å². The van der Waals surface area contributed by atoms with Gasteiger partial charge in [0.05, 0.1) is 13.2 Å². The fourth-order valence-corrected chi connectivity index (χ4v) is 2.45. The number of para-hydroxylation sites is 1. The highest BCUT2D eigenvalue weighted by atomic mass is 19.1. The molecule has 0 radical (unpaired) electrons. The number of halogens is 2. The average Bonchev–Trinajstić information content (AvgIpc) is 2.48. The van der Waals surface area contributed by atoms with Crippen molar-refractivity contribution in [3.05, 3.63) is 77.0 Å². The molecule has 1 aromatic heterocycles. The first-order valence-corrected chi connectivity index (χ1v) is 7.00. The first-order valence-electron chi connectivity index (χ1n) is 7.00. The van der Waals surface area contributed by atoms with E-state index in [2.05, 4.69) is 4.98 Å². The molecule has 0 spiro atoms. The maximum Gasteiger partial charge on any atom is 0.149 e. The Morgan fingerprint density at radius 1 is 1.00 bits per heavy atom. The summed E-state index contributed by atoms with van der Waals surface area (Å²) < 4.78 is 32.6. The largest absolute Gasteiger partial charge is 0.372 e. The number of fused-ring (bicyclic) bond motifs is 1. The summed E-state index contributed by atoms with van der Waals surface area (Å²) in [4.78, 5) is 4.23. The third kappa shape index (κ3) is 3.12. The molecule has 0 N–H and O–H groups in total. The number of pyridine rings is 1. The second kappa shape index (κ2) is 6.20. The van der Waals surface area contributed by atoms with E-state index in [4.69, 9.17) is 4.74 Å². The van der Waals surface area contributed by atoms with Crippen molar-refractivity contribution in [2.24, 2.45) is 0 Å². The minimum Gasteiger partial charge on any atom is -0.372 e. The van der Waals surface area contributed by atoms with Gasteiger partial charge < -0.3 is 4.74 Å². The zero-order valence-corrected chi connectivity index (χ0v) is 12.1. The van der Waals surface area contributed by atoms with E-state index in [1.54, 1.807) is 18.2 Å². The monoisotopic (exact) mass is 299 g/mol. The number of hydrogen-bond donors (Lipinski definition) is 0. The fraction of sp³-hybridized carbons (Fsp3) is 0.167. The van der Waals surface area contributed by atoms with Crippen molar-refractivity contribution in [2.45, 2.75) is 20.1 Å².